The van der Waals surface area contributed by atoms with Crippen LogP contribution >= 0.6 is 0 Å². The Bertz CT molecular complexity index is 2330. The summed E-state index contributed by atoms with van der Waals surface area (Å²) in [6.07, 6.45) is 4.47. The van der Waals surface area contributed by atoms with Crippen LogP contribution in [0.15, 0.2) is 59.3 Å². The predicted molar refractivity (Wildman–Crippen MR) is 213 cm³/mol. The number of H-pyrrole nitrogens is 2. The molecule has 0 aliphatic carbocycles. The van der Waals surface area contributed by atoms with Gasteiger partial charge in [0.15, 0.2) is 0 Å². The van der Waals surface area contributed by atoms with E-state index in [0.29, 0.717) is 53.8 Å². The van der Waals surface area contributed by atoms with E-state index >= 15 is 4.39 Å². The summed E-state index contributed by atoms with van der Waals surface area (Å²) in [5.41, 5.74) is 3.60. The van der Waals surface area contributed by atoms with Crippen molar-refractivity contribution in [2.24, 2.45) is 11.8 Å². The third-order valence-electron chi connectivity index (χ3n) is 11.3. The molecule has 2 aliphatic rings. The molecule has 0 bridgehead atoms. The number of amides is 4. The van der Waals surface area contributed by atoms with Crippen molar-refractivity contribution in [1.82, 2.24) is 40.0 Å². The number of hydrogen-bond acceptors (Lipinski definition) is 8. The number of alkyl carbamates (subject to hydrolysis) is 1. The number of benzene rings is 2. The summed E-state index contributed by atoms with van der Waals surface area (Å²) in [6.45, 7) is 8.43. The molecule has 0 radical (unpaired) electrons. The maximum absolute atomic E-state index is 15.8. The zero-order valence-electron chi connectivity index (χ0n) is 33.4. The van der Waals surface area contributed by atoms with Crippen LogP contribution < -0.4 is 5.32 Å². The number of aromatic nitrogens is 4. The van der Waals surface area contributed by atoms with Gasteiger partial charge >= 0.3 is 12.2 Å². The van der Waals surface area contributed by atoms with Crippen molar-refractivity contribution in [1.29, 1.82) is 0 Å². The van der Waals surface area contributed by atoms with Crippen LogP contribution in [0.1, 0.15) is 77.1 Å². The molecule has 3 aromatic heterocycles. The number of aromatic amines is 2. The fourth-order valence-corrected chi connectivity index (χ4v) is 8.23. The van der Waals surface area contributed by atoms with Crippen molar-refractivity contribution in [2.45, 2.75) is 77.5 Å². The monoisotopic (exact) mass is 796 g/mol. The van der Waals surface area contributed by atoms with Crippen LogP contribution in [0.2, 0.25) is 0 Å². The van der Waals surface area contributed by atoms with Gasteiger partial charge in [-0.05, 0) is 73.9 Å². The first-order valence-electron chi connectivity index (χ1n) is 19.6. The smallest absolute Gasteiger partial charge is 0.407 e. The lowest BCUT2D eigenvalue weighted by atomic mass is 10.0. The van der Waals surface area contributed by atoms with Crippen molar-refractivity contribution in [3.63, 3.8) is 0 Å². The fraction of sp³-hybridized carbons (Fsp3) is 0.429. The van der Waals surface area contributed by atoms with Crippen molar-refractivity contribution in [3.05, 3.63) is 72.3 Å². The van der Waals surface area contributed by atoms with E-state index in [1.54, 1.807) is 40.4 Å². The molecule has 2 fully saturated rings. The SMILES string of the molecule is COC(=O)N[C@H](C(=O)N1CCC[C@H]1c1ncc(-c2ccc3oc(-c4ccc(-c5cnc([C@@H]6CCCN6C(=O)[C@H](C(C)C)N(C)C(=O)O)[nH]5)cc4F)cc3c2)[nH]1)C(C)C. The first-order valence-corrected chi connectivity index (χ1v) is 19.6. The number of methoxy groups -OCH3 is 1. The average molecular weight is 797 g/mol. The summed E-state index contributed by atoms with van der Waals surface area (Å²) >= 11 is 0. The van der Waals surface area contributed by atoms with Gasteiger partial charge in [0.05, 0.1) is 48.5 Å². The maximum Gasteiger partial charge on any atom is 0.407 e. The predicted octanol–water partition coefficient (Wildman–Crippen LogP) is 7.36. The van der Waals surface area contributed by atoms with Crippen molar-refractivity contribution in [3.8, 4) is 33.8 Å². The van der Waals surface area contributed by atoms with Crippen LogP contribution in [0.5, 0.6) is 0 Å². The van der Waals surface area contributed by atoms with E-state index in [9.17, 15) is 24.3 Å². The number of nitrogens with zero attached hydrogens (tertiary/aromatic N) is 5. The Balaban J connectivity index is 1.06. The van der Waals surface area contributed by atoms with Gasteiger partial charge in [-0.15, -0.1) is 0 Å². The average Bonchev–Trinajstić information content (AvgIpc) is 4.05. The highest BCUT2D eigenvalue weighted by Crippen LogP contribution is 2.37. The van der Waals surface area contributed by atoms with Crippen LogP contribution in [0.25, 0.3) is 44.8 Å². The lowest BCUT2D eigenvalue weighted by molar-refractivity contribution is -0.138. The lowest BCUT2D eigenvalue weighted by Gasteiger charge is -2.33. The number of hydrogen-bond donors (Lipinski definition) is 4. The van der Waals surface area contributed by atoms with Gasteiger partial charge < -0.3 is 39.3 Å². The van der Waals surface area contributed by atoms with Gasteiger partial charge in [0, 0.05) is 36.7 Å². The van der Waals surface area contributed by atoms with Crippen LogP contribution in [0.4, 0.5) is 14.0 Å². The van der Waals surface area contributed by atoms with E-state index in [4.69, 9.17) is 9.15 Å². The summed E-state index contributed by atoms with van der Waals surface area (Å²) in [5, 5.41) is 13.0. The number of rotatable bonds is 11. The van der Waals surface area contributed by atoms with Gasteiger partial charge in [-0.3, -0.25) is 14.5 Å². The highest BCUT2D eigenvalue weighted by atomic mass is 19.1. The molecule has 2 saturated heterocycles. The second-order valence-electron chi connectivity index (χ2n) is 15.7. The topological polar surface area (TPSA) is 190 Å². The van der Waals surface area contributed by atoms with E-state index < -0.39 is 30.1 Å². The summed E-state index contributed by atoms with van der Waals surface area (Å²) in [6, 6.07) is 10.1. The number of likely N-dealkylation sites (tertiary alicyclic amines) is 2. The van der Waals surface area contributed by atoms with Crippen LogP contribution in [0, 0.1) is 17.7 Å². The molecule has 0 unspecified atom stereocenters. The molecule has 0 saturated carbocycles. The van der Waals surface area contributed by atoms with Crippen molar-refractivity contribution >= 4 is 35.0 Å². The first-order chi connectivity index (χ1) is 27.7. The number of ether oxygens (including phenoxy) is 1. The second kappa shape index (κ2) is 16.3. The Hall–Kier alpha value is -6.19. The molecule has 4 N–H and O–H groups in total. The van der Waals surface area contributed by atoms with Crippen LogP contribution in [-0.2, 0) is 14.3 Å². The zero-order chi connectivity index (χ0) is 41.4. The molecule has 4 amide bonds. The quantitative estimate of drug-likeness (QED) is 0.106. The zero-order valence-corrected chi connectivity index (χ0v) is 33.4. The van der Waals surface area contributed by atoms with Gasteiger partial charge in [0.1, 0.15) is 40.9 Å². The van der Waals surface area contributed by atoms with E-state index in [1.807, 2.05) is 45.9 Å². The molecular weight excluding hydrogens is 748 g/mol. The molecule has 15 nitrogen and oxygen atoms in total. The molecule has 306 valence electrons. The minimum Gasteiger partial charge on any atom is -0.465 e. The molecule has 16 heteroatoms. The second-order valence-corrected chi connectivity index (χ2v) is 15.7. The molecule has 0 spiro atoms. The number of fused-ring (bicyclic) bond motifs is 1. The summed E-state index contributed by atoms with van der Waals surface area (Å²) in [7, 11) is 2.68. The van der Waals surface area contributed by atoms with Crippen LogP contribution in [-0.4, -0.2) is 103 Å². The standard InChI is InChI=1S/C42H49FN8O7/c1-22(2)35(48-41(54)57-6)39(52)50-15-7-9-31(50)37-44-20-29(46-37)24-12-14-33-26(17-24)19-34(58-33)27-13-11-25(18-28(27)43)30-21-45-38(47-30)32-10-8-16-51(32)40(53)36(23(3)4)49(5)42(55)56/h11-14,17-23,31-32,35-36H,7-10,15-16H2,1-6H3,(H,44,46)(H,45,47)(H,48,54)(H,55,56)/t31-,32-,35-,36-/m0/s1. The summed E-state index contributed by atoms with van der Waals surface area (Å²) in [4.78, 5) is 71.3. The maximum atomic E-state index is 15.8. The molecule has 5 heterocycles. The Morgan fingerprint density at radius 1 is 0.879 bits per heavy atom. The van der Waals surface area contributed by atoms with E-state index in [2.05, 4.69) is 25.3 Å². The highest BCUT2D eigenvalue weighted by molar-refractivity contribution is 5.88. The van der Waals surface area contributed by atoms with E-state index in [0.717, 1.165) is 40.8 Å². The summed E-state index contributed by atoms with van der Waals surface area (Å²) < 4.78 is 26.7. The van der Waals surface area contributed by atoms with Gasteiger partial charge in [-0.2, -0.15) is 0 Å². The molecule has 2 aromatic carbocycles. The molecule has 58 heavy (non-hydrogen) atoms. The number of carbonyl (C=O) groups is 4. The van der Waals surface area contributed by atoms with Gasteiger partial charge in [0.25, 0.3) is 0 Å². The van der Waals surface area contributed by atoms with Gasteiger partial charge in [0.2, 0.25) is 11.8 Å². The van der Waals surface area contributed by atoms with E-state index in [1.165, 1.54) is 20.2 Å². The fourth-order valence-electron chi connectivity index (χ4n) is 8.23. The minimum absolute atomic E-state index is 0.142. The largest absolute Gasteiger partial charge is 0.465 e. The molecule has 7 rings (SSSR count). The van der Waals surface area contributed by atoms with E-state index in [-0.39, 0.29) is 41.3 Å². The normalized spacial score (nSPS) is 17.9. The Kier molecular flexibility index (Phi) is 11.3. The third-order valence-corrected chi connectivity index (χ3v) is 11.3. The molecule has 2 aliphatic heterocycles. The first kappa shape index (κ1) is 40.0. The third kappa shape index (κ3) is 7.74. The number of imidazole rings is 2. The number of halogens is 1. The number of furan rings is 1. The minimum atomic E-state index is -1.17. The molecule has 5 aromatic rings. The number of carboxylic acid groups (broad SMARTS) is 1. The highest BCUT2D eigenvalue weighted by Gasteiger charge is 2.40. The Labute approximate surface area is 335 Å². The Morgan fingerprint density at radius 3 is 2.02 bits per heavy atom. The van der Waals surface area contributed by atoms with Crippen molar-refractivity contribution < 1.29 is 37.8 Å². The molecular formula is C42H49FN8O7. The summed E-state index contributed by atoms with van der Waals surface area (Å²) in [5.74, 6) is 0.268. The number of carbonyl (C=O) groups excluding carboxylic acids is 3. The van der Waals surface area contributed by atoms with Crippen LogP contribution in [0.3, 0.4) is 0 Å². The Morgan fingerprint density at radius 2 is 1.47 bits per heavy atom. The van der Waals surface area contributed by atoms with Gasteiger partial charge in [-0.1, -0.05) is 33.8 Å². The molecule has 4 atom stereocenters. The van der Waals surface area contributed by atoms with Crippen molar-refractivity contribution in [2.75, 3.05) is 27.2 Å². The number of nitrogens with one attached hydrogen (secondary N) is 3. The number of likely N-dealkylation sites (N-methyl/N-ethyl adjacent to an activating group) is 1. The lowest BCUT2D eigenvalue weighted by Crippen LogP contribution is -2.51. The van der Waals surface area contributed by atoms with Gasteiger partial charge in [-0.25, -0.2) is 23.9 Å².